The van der Waals surface area contributed by atoms with Crippen LogP contribution in [0, 0.1) is 0 Å². The predicted molar refractivity (Wildman–Crippen MR) is 108 cm³/mol. The minimum atomic E-state index is -0.0494. The standard InChI is InChI=1S/C20H31N3O2S.ClH/c1-3-23(4-2)13-8-12-22(20(25)16-23)15-19(24)21-11-14-26-17-18-9-6-5-7-10-18;/h5-7,9-10H,3-4,8,11-17H2,1-2H3;1H. The summed E-state index contributed by atoms with van der Waals surface area (Å²) < 4.78 is 0.840. The lowest BCUT2D eigenvalue weighted by Crippen LogP contribution is -3.00. The Labute approximate surface area is 173 Å². The van der Waals surface area contributed by atoms with E-state index in [1.165, 1.54) is 5.56 Å². The fourth-order valence-corrected chi connectivity index (χ4v) is 4.19. The first-order chi connectivity index (χ1) is 12.6. The Hall–Kier alpha value is -1.24. The van der Waals surface area contributed by atoms with Crippen LogP contribution in [0.5, 0.6) is 0 Å². The second-order valence-corrected chi connectivity index (χ2v) is 8.02. The van der Waals surface area contributed by atoms with Gasteiger partial charge in [-0.15, -0.1) is 0 Å². The molecule has 0 aliphatic carbocycles. The molecule has 0 unspecified atom stereocenters. The molecule has 1 aliphatic rings. The number of halogens is 1. The Balaban J connectivity index is 0.00000364. The average Bonchev–Trinajstić information content (AvgIpc) is 2.82. The smallest absolute Gasteiger partial charge is 0.278 e. The predicted octanol–water partition coefficient (Wildman–Crippen LogP) is -0.871. The van der Waals surface area contributed by atoms with Gasteiger partial charge in [-0.25, -0.2) is 0 Å². The molecule has 0 atom stereocenters. The van der Waals surface area contributed by atoms with Crippen LogP contribution in [0.4, 0.5) is 0 Å². The minimum absolute atomic E-state index is 0. The maximum atomic E-state index is 12.5. The van der Waals surface area contributed by atoms with Crippen LogP contribution in [-0.4, -0.2) is 72.8 Å². The summed E-state index contributed by atoms with van der Waals surface area (Å²) in [6.07, 6.45) is 0.966. The van der Waals surface area contributed by atoms with Crippen LogP contribution in [0.1, 0.15) is 25.8 Å². The van der Waals surface area contributed by atoms with Crippen LogP contribution in [0.2, 0.25) is 0 Å². The molecule has 2 rings (SSSR count). The van der Waals surface area contributed by atoms with Gasteiger partial charge in [-0.05, 0) is 19.4 Å². The molecule has 0 saturated carbocycles. The lowest BCUT2D eigenvalue weighted by atomic mass is 10.2. The number of rotatable bonds is 9. The number of carbonyl (C=O) groups excluding carboxylic acids is 2. The van der Waals surface area contributed by atoms with Gasteiger partial charge in [0.2, 0.25) is 5.91 Å². The third-order valence-corrected chi connectivity index (χ3v) is 6.27. The van der Waals surface area contributed by atoms with Crippen molar-refractivity contribution in [1.29, 1.82) is 0 Å². The molecule has 1 N–H and O–H groups in total. The van der Waals surface area contributed by atoms with E-state index < -0.39 is 0 Å². The molecular weight excluding hydrogens is 382 g/mol. The zero-order valence-electron chi connectivity index (χ0n) is 16.5. The van der Waals surface area contributed by atoms with E-state index in [0.29, 0.717) is 19.6 Å². The molecule has 1 heterocycles. The van der Waals surface area contributed by atoms with E-state index >= 15 is 0 Å². The van der Waals surface area contributed by atoms with Crippen LogP contribution in [0.25, 0.3) is 0 Å². The van der Waals surface area contributed by atoms with E-state index in [1.54, 1.807) is 16.7 Å². The SMILES string of the molecule is CC[N+]1(CC)CCCN(CC(=O)NCCSCc2ccccc2)C(=O)C1.[Cl-]. The Bertz CT molecular complexity index is 582. The highest BCUT2D eigenvalue weighted by Crippen LogP contribution is 2.14. The zero-order valence-corrected chi connectivity index (χ0v) is 18.0. The zero-order chi connectivity index (χ0) is 18.8. The van der Waals surface area contributed by atoms with Gasteiger partial charge < -0.3 is 27.1 Å². The molecular formula is C20H32ClN3O2S. The second kappa shape index (κ2) is 12.3. The maximum Gasteiger partial charge on any atom is 0.278 e. The number of likely N-dealkylation sites (N-methyl/N-ethyl adjacent to an activating group) is 1. The van der Waals surface area contributed by atoms with Crippen molar-refractivity contribution in [2.75, 3.05) is 51.6 Å². The van der Waals surface area contributed by atoms with Gasteiger partial charge in [-0.3, -0.25) is 9.59 Å². The van der Waals surface area contributed by atoms with Gasteiger partial charge in [0.25, 0.3) is 5.91 Å². The second-order valence-electron chi connectivity index (χ2n) is 6.91. The van der Waals surface area contributed by atoms with Gasteiger partial charge >= 0.3 is 0 Å². The molecule has 27 heavy (non-hydrogen) atoms. The largest absolute Gasteiger partial charge is 1.00 e. The van der Waals surface area contributed by atoms with Crippen LogP contribution < -0.4 is 17.7 Å². The molecule has 1 fully saturated rings. The molecule has 152 valence electrons. The normalized spacial score (nSPS) is 16.4. The topological polar surface area (TPSA) is 49.4 Å². The summed E-state index contributed by atoms with van der Waals surface area (Å²) in [5.74, 6) is 1.89. The summed E-state index contributed by atoms with van der Waals surface area (Å²) in [6, 6.07) is 10.3. The van der Waals surface area contributed by atoms with Crippen molar-refractivity contribution < 1.29 is 26.5 Å². The number of carbonyl (C=O) groups is 2. The molecule has 5 nitrogen and oxygen atoms in total. The van der Waals surface area contributed by atoms with Crippen molar-refractivity contribution >= 4 is 23.6 Å². The molecule has 7 heteroatoms. The van der Waals surface area contributed by atoms with Crippen LogP contribution in [0.15, 0.2) is 30.3 Å². The van der Waals surface area contributed by atoms with Crippen LogP contribution >= 0.6 is 11.8 Å². The van der Waals surface area contributed by atoms with E-state index in [9.17, 15) is 9.59 Å². The summed E-state index contributed by atoms with van der Waals surface area (Å²) in [7, 11) is 0. The molecule has 0 spiro atoms. The van der Waals surface area contributed by atoms with Crippen molar-refractivity contribution in [1.82, 2.24) is 10.2 Å². The van der Waals surface area contributed by atoms with Crippen molar-refractivity contribution in [2.24, 2.45) is 0 Å². The van der Waals surface area contributed by atoms with Gasteiger partial charge in [-0.1, -0.05) is 30.3 Å². The number of thioether (sulfide) groups is 1. The molecule has 2 amide bonds. The molecule has 0 bridgehead atoms. The van der Waals surface area contributed by atoms with E-state index in [0.717, 1.165) is 42.0 Å². The third-order valence-electron chi connectivity index (χ3n) is 5.24. The fourth-order valence-electron chi connectivity index (χ4n) is 3.37. The van der Waals surface area contributed by atoms with Crippen molar-refractivity contribution in [2.45, 2.75) is 26.0 Å². The number of nitrogens with one attached hydrogen (secondary N) is 1. The van der Waals surface area contributed by atoms with E-state index in [1.807, 2.05) is 18.2 Å². The Kier molecular flexibility index (Phi) is 10.8. The first kappa shape index (κ1) is 23.8. The van der Waals surface area contributed by atoms with Crippen molar-refractivity contribution in [3.63, 3.8) is 0 Å². The lowest BCUT2D eigenvalue weighted by Gasteiger charge is -2.34. The van der Waals surface area contributed by atoms with Crippen LogP contribution in [0.3, 0.4) is 0 Å². The molecule has 1 aromatic rings. The number of hydrogen-bond acceptors (Lipinski definition) is 3. The van der Waals surface area contributed by atoms with Gasteiger partial charge in [-0.2, -0.15) is 11.8 Å². The fraction of sp³-hybridized carbons (Fsp3) is 0.600. The Morgan fingerprint density at radius 1 is 1.22 bits per heavy atom. The Morgan fingerprint density at radius 2 is 1.93 bits per heavy atom. The van der Waals surface area contributed by atoms with Crippen molar-refractivity contribution in [3.05, 3.63) is 35.9 Å². The molecule has 1 saturated heterocycles. The number of quaternary nitrogens is 1. The summed E-state index contributed by atoms with van der Waals surface area (Å²) in [5, 5.41) is 2.95. The highest BCUT2D eigenvalue weighted by atomic mass is 35.5. The minimum Gasteiger partial charge on any atom is -1.00 e. The summed E-state index contributed by atoms with van der Waals surface area (Å²) in [4.78, 5) is 26.5. The maximum absolute atomic E-state index is 12.5. The first-order valence-corrected chi connectivity index (χ1v) is 10.8. The van der Waals surface area contributed by atoms with Crippen LogP contribution in [-0.2, 0) is 15.3 Å². The number of benzene rings is 1. The van der Waals surface area contributed by atoms with E-state index in [2.05, 4.69) is 31.3 Å². The monoisotopic (exact) mass is 413 g/mol. The number of hydrogen-bond donors (Lipinski definition) is 1. The lowest BCUT2D eigenvalue weighted by molar-refractivity contribution is -0.916. The Morgan fingerprint density at radius 3 is 2.59 bits per heavy atom. The molecule has 1 aliphatic heterocycles. The summed E-state index contributed by atoms with van der Waals surface area (Å²) >= 11 is 1.81. The highest BCUT2D eigenvalue weighted by molar-refractivity contribution is 7.98. The summed E-state index contributed by atoms with van der Waals surface area (Å²) in [6.45, 7) is 9.30. The third kappa shape index (κ3) is 7.72. The van der Waals surface area contributed by atoms with E-state index in [4.69, 9.17) is 0 Å². The summed E-state index contributed by atoms with van der Waals surface area (Å²) in [5.41, 5.74) is 1.30. The molecule has 0 radical (unpaired) electrons. The first-order valence-electron chi connectivity index (χ1n) is 9.60. The highest BCUT2D eigenvalue weighted by Gasteiger charge is 2.33. The van der Waals surface area contributed by atoms with E-state index in [-0.39, 0.29) is 30.8 Å². The quantitative estimate of drug-likeness (QED) is 0.423. The van der Waals surface area contributed by atoms with Gasteiger partial charge in [0.05, 0.1) is 26.2 Å². The number of amides is 2. The number of nitrogens with zero attached hydrogens (tertiary/aromatic N) is 2. The van der Waals surface area contributed by atoms with Crippen molar-refractivity contribution in [3.8, 4) is 0 Å². The van der Waals surface area contributed by atoms with Gasteiger partial charge in [0.15, 0.2) is 6.54 Å². The molecule has 0 aromatic heterocycles. The molecule has 1 aromatic carbocycles. The average molecular weight is 414 g/mol. The van der Waals surface area contributed by atoms with Gasteiger partial charge in [0.1, 0.15) is 0 Å². The van der Waals surface area contributed by atoms with Gasteiger partial charge in [0, 0.05) is 31.0 Å².